The second-order valence-electron chi connectivity index (χ2n) is 4.89. The van der Waals surface area contributed by atoms with Gasteiger partial charge in [-0.25, -0.2) is 18.0 Å². The standard InChI is InChI=1S/C16H10Cl2F3NO3/c1-7(25-16(24)8-2-3-9(17)10(18)6-8)15(23)22-12-5-4-11(19)13(20)14(12)21/h2-7H,1H3,(H,22,23)/t7-/m0/s1. The Morgan fingerprint density at radius 2 is 1.72 bits per heavy atom. The molecule has 2 aromatic carbocycles. The topological polar surface area (TPSA) is 55.4 Å². The van der Waals surface area contributed by atoms with Gasteiger partial charge in [0.15, 0.2) is 23.6 Å². The van der Waals surface area contributed by atoms with Crippen molar-refractivity contribution < 1.29 is 27.5 Å². The van der Waals surface area contributed by atoms with Crippen molar-refractivity contribution in [1.82, 2.24) is 0 Å². The monoisotopic (exact) mass is 391 g/mol. The number of rotatable bonds is 4. The summed E-state index contributed by atoms with van der Waals surface area (Å²) in [7, 11) is 0. The second kappa shape index (κ2) is 7.76. The van der Waals surface area contributed by atoms with E-state index in [9.17, 15) is 22.8 Å². The van der Waals surface area contributed by atoms with Gasteiger partial charge in [0.05, 0.1) is 21.3 Å². The van der Waals surface area contributed by atoms with Crippen LogP contribution in [0.25, 0.3) is 0 Å². The Balaban J connectivity index is 2.06. The van der Waals surface area contributed by atoms with Crippen LogP contribution < -0.4 is 5.32 Å². The number of esters is 1. The molecule has 0 aliphatic heterocycles. The molecule has 2 aromatic rings. The van der Waals surface area contributed by atoms with Crippen LogP contribution in [-0.4, -0.2) is 18.0 Å². The first kappa shape index (κ1) is 19.1. The fourth-order valence-electron chi connectivity index (χ4n) is 1.76. The van der Waals surface area contributed by atoms with Crippen LogP contribution in [0.5, 0.6) is 0 Å². The van der Waals surface area contributed by atoms with Crippen molar-refractivity contribution in [2.24, 2.45) is 0 Å². The Bertz CT molecular complexity index is 846. The van der Waals surface area contributed by atoms with Crippen molar-refractivity contribution in [3.8, 4) is 0 Å². The molecule has 25 heavy (non-hydrogen) atoms. The van der Waals surface area contributed by atoms with E-state index in [1.807, 2.05) is 5.32 Å². The first-order chi connectivity index (χ1) is 11.7. The van der Waals surface area contributed by atoms with E-state index >= 15 is 0 Å². The minimum absolute atomic E-state index is 0.0491. The Morgan fingerprint density at radius 1 is 1.04 bits per heavy atom. The molecule has 0 heterocycles. The highest BCUT2D eigenvalue weighted by Crippen LogP contribution is 2.23. The summed E-state index contributed by atoms with van der Waals surface area (Å²) in [5, 5.41) is 2.37. The molecule has 0 unspecified atom stereocenters. The zero-order valence-corrected chi connectivity index (χ0v) is 14.1. The van der Waals surface area contributed by atoms with Gasteiger partial charge in [-0.1, -0.05) is 23.2 Å². The molecule has 9 heteroatoms. The molecular formula is C16H10Cl2F3NO3. The molecule has 0 radical (unpaired) electrons. The Morgan fingerprint density at radius 3 is 2.36 bits per heavy atom. The number of halogens is 5. The summed E-state index contributed by atoms with van der Waals surface area (Å²) in [6.07, 6.45) is -1.34. The zero-order valence-electron chi connectivity index (χ0n) is 12.6. The van der Waals surface area contributed by atoms with E-state index in [1.165, 1.54) is 25.1 Å². The summed E-state index contributed by atoms with van der Waals surface area (Å²) in [5.74, 6) is -6.48. The summed E-state index contributed by atoms with van der Waals surface area (Å²) >= 11 is 11.5. The minimum atomic E-state index is -1.72. The quantitative estimate of drug-likeness (QED) is 0.612. The first-order valence-electron chi connectivity index (χ1n) is 6.81. The highest BCUT2D eigenvalue weighted by molar-refractivity contribution is 6.42. The largest absolute Gasteiger partial charge is 0.449 e. The van der Waals surface area contributed by atoms with Crippen LogP contribution in [0, 0.1) is 17.5 Å². The summed E-state index contributed by atoms with van der Waals surface area (Å²) < 4.78 is 44.4. The van der Waals surface area contributed by atoms with Gasteiger partial charge in [0.25, 0.3) is 5.91 Å². The van der Waals surface area contributed by atoms with Gasteiger partial charge in [-0.15, -0.1) is 0 Å². The number of benzene rings is 2. The number of hydrogen-bond donors (Lipinski definition) is 1. The number of carbonyl (C=O) groups excluding carboxylic acids is 2. The molecule has 0 fully saturated rings. The zero-order chi connectivity index (χ0) is 18.7. The number of anilines is 1. The Kier molecular flexibility index (Phi) is 5.92. The molecule has 0 aliphatic rings. The van der Waals surface area contributed by atoms with E-state index in [4.69, 9.17) is 27.9 Å². The molecule has 1 atom stereocenters. The van der Waals surface area contributed by atoms with E-state index in [1.54, 1.807) is 0 Å². The molecule has 1 amide bonds. The van der Waals surface area contributed by atoms with Crippen LogP contribution in [-0.2, 0) is 9.53 Å². The third kappa shape index (κ3) is 4.43. The maximum atomic E-state index is 13.5. The fourth-order valence-corrected chi connectivity index (χ4v) is 2.06. The number of carbonyl (C=O) groups is 2. The molecule has 0 aromatic heterocycles. The SMILES string of the molecule is C[C@H](OC(=O)c1ccc(Cl)c(Cl)c1)C(=O)Nc1ccc(F)c(F)c1F. The van der Waals surface area contributed by atoms with Crippen molar-refractivity contribution >= 4 is 40.8 Å². The van der Waals surface area contributed by atoms with E-state index in [2.05, 4.69) is 0 Å². The van der Waals surface area contributed by atoms with Crippen molar-refractivity contribution in [3.05, 3.63) is 63.4 Å². The molecule has 132 valence electrons. The minimum Gasteiger partial charge on any atom is -0.449 e. The van der Waals surface area contributed by atoms with E-state index in [0.717, 1.165) is 6.07 Å². The van der Waals surface area contributed by atoms with E-state index < -0.39 is 41.1 Å². The van der Waals surface area contributed by atoms with Gasteiger partial charge >= 0.3 is 5.97 Å². The Hall–Kier alpha value is -2.25. The van der Waals surface area contributed by atoms with Gasteiger partial charge < -0.3 is 10.1 Å². The van der Waals surface area contributed by atoms with Crippen molar-refractivity contribution in [1.29, 1.82) is 0 Å². The van der Waals surface area contributed by atoms with Crippen LogP contribution in [0.3, 0.4) is 0 Å². The second-order valence-corrected chi connectivity index (χ2v) is 5.70. The lowest BCUT2D eigenvalue weighted by atomic mass is 10.2. The lowest BCUT2D eigenvalue weighted by Crippen LogP contribution is -2.30. The van der Waals surface area contributed by atoms with Crippen LogP contribution >= 0.6 is 23.2 Å². The van der Waals surface area contributed by atoms with E-state index in [-0.39, 0.29) is 15.6 Å². The summed E-state index contributed by atoms with van der Waals surface area (Å²) in [4.78, 5) is 23.9. The van der Waals surface area contributed by atoms with Gasteiger partial charge in [-0.05, 0) is 37.3 Å². The van der Waals surface area contributed by atoms with Gasteiger partial charge in [0, 0.05) is 0 Å². The summed E-state index contributed by atoms with van der Waals surface area (Å²) in [6.45, 7) is 1.22. The average molecular weight is 392 g/mol. The molecule has 0 aliphatic carbocycles. The van der Waals surface area contributed by atoms with Gasteiger partial charge in [-0.3, -0.25) is 4.79 Å². The molecule has 0 saturated carbocycles. The van der Waals surface area contributed by atoms with Crippen LogP contribution in [0.4, 0.5) is 18.9 Å². The lowest BCUT2D eigenvalue weighted by Gasteiger charge is -2.14. The molecule has 4 nitrogen and oxygen atoms in total. The predicted octanol–water partition coefficient (Wildman–Crippen LogP) is 4.59. The van der Waals surface area contributed by atoms with E-state index in [0.29, 0.717) is 6.07 Å². The van der Waals surface area contributed by atoms with Crippen molar-refractivity contribution in [2.75, 3.05) is 5.32 Å². The third-order valence-corrected chi connectivity index (χ3v) is 3.84. The van der Waals surface area contributed by atoms with Gasteiger partial charge in [0.2, 0.25) is 0 Å². The molecule has 1 N–H and O–H groups in total. The van der Waals surface area contributed by atoms with Crippen LogP contribution in [0.15, 0.2) is 30.3 Å². The Labute approximate surface area is 150 Å². The highest BCUT2D eigenvalue weighted by Gasteiger charge is 2.22. The molecule has 0 bridgehead atoms. The maximum Gasteiger partial charge on any atom is 0.338 e. The van der Waals surface area contributed by atoms with Crippen molar-refractivity contribution in [3.63, 3.8) is 0 Å². The molecular weight excluding hydrogens is 382 g/mol. The van der Waals surface area contributed by atoms with Crippen LogP contribution in [0.2, 0.25) is 10.0 Å². The van der Waals surface area contributed by atoms with Gasteiger partial charge in [0.1, 0.15) is 0 Å². The number of hydrogen-bond acceptors (Lipinski definition) is 3. The predicted molar refractivity (Wildman–Crippen MR) is 86.3 cm³/mol. The van der Waals surface area contributed by atoms with Crippen molar-refractivity contribution in [2.45, 2.75) is 13.0 Å². The highest BCUT2D eigenvalue weighted by atomic mass is 35.5. The average Bonchev–Trinajstić information content (AvgIpc) is 2.57. The normalized spacial score (nSPS) is 11.8. The third-order valence-electron chi connectivity index (χ3n) is 3.10. The molecule has 0 saturated heterocycles. The van der Waals surface area contributed by atoms with Gasteiger partial charge in [-0.2, -0.15) is 0 Å². The smallest absolute Gasteiger partial charge is 0.338 e. The first-order valence-corrected chi connectivity index (χ1v) is 7.56. The molecule has 2 rings (SSSR count). The fraction of sp³-hybridized carbons (Fsp3) is 0.125. The maximum absolute atomic E-state index is 13.5. The number of amides is 1. The lowest BCUT2D eigenvalue weighted by molar-refractivity contribution is -0.123. The number of ether oxygens (including phenoxy) is 1. The van der Waals surface area contributed by atoms with Crippen LogP contribution in [0.1, 0.15) is 17.3 Å². The molecule has 0 spiro atoms. The summed E-state index contributed by atoms with van der Waals surface area (Å²) in [5.41, 5.74) is -0.533. The number of nitrogens with one attached hydrogen (secondary N) is 1. The summed E-state index contributed by atoms with van der Waals surface area (Å²) in [6, 6.07) is 5.48.